The molecule has 0 saturated heterocycles. The molecule has 0 unspecified atom stereocenters. The van der Waals surface area contributed by atoms with Crippen molar-refractivity contribution in [1.29, 1.82) is 5.26 Å². The van der Waals surface area contributed by atoms with Crippen LogP contribution in [0.3, 0.4) is 0 Å². The summed E-state index contributed by atoms with van der Waals surface area (Å²) in [5.41, 5.74) is 0.645. The minimum Gasteiger partial charge on any atom is -0.494 e. The summed E-state index contributed by atoms with van der Waals surface area (Å²) in [6.45, 7) is 6.51. The van der Waals surface area contributed by atoms with Gasteiger partial charge in [0.1, 0.15) is 11.8 Å². The molecule has 1 aliphatic heterocycles. The van der Waals surface area contributed by atoms with Gasteiger partial charge in [0.05, 0.1) is 17.2 Å². The fourth-order valence-corrected chi connectivity index (χ4v) is 3.60. The zero-order chi connectivity index (χ0) is 20.1. The molecule has 1 aliphatic rings. The smallest absolute Gasteiger partial charge is 0.258 e. The molecule has 2 heterocycles. The summed E-state index contributed by atoms with van der Waals surface area (Å²) in [4.78, 5) is 8.93. The third-order valence-corrected chi connectivity index (χ3v) is 4.96. The maximum atomic E-state index is 10.3. The van der Waals surface area contributed by atoms with E-state index in [0.717, 1.165) is 5.75 Å². The van der Waals surface area contributed by atoms with Gasteiger partial charge in [-0.1, -0.05) is 6.08 Å². The van der Waals surface area contributed by atoms with Crippen molar-refractivity contribution < 1.29 is 14.6 Å². The highest BCUT2D eigenvalue weighted by Crippen LogP contribution is 2.30. The van der Waals surface area contributed by atoms with Crippen molar-refractivity contribution in [1.82, 2.24) is 4.57 Å². The van der Waals surface area contributed by atoms with Crippen LogP contribution in [-0.4, -0.2) is 27.9 Å². The summed E-state index contributed by atoms with van der Waals surface area (Å²) in [5, 5.41) is 19.6. The topological polar surface area (TPSA) is 92.1 Å². The predicted molar refractivity (Wildman–Crippen MR) is 112 cm³/mol. The predicted octanol–water partition coefficient (Wildman–Crippen LogP) is 4.59. The summed E-state index contributed by atoms with van der Waals surface area (Å²) in [5.74, 6) is 0.968. The number of thiazole rings is 1. The Hall–Kier alpha value is -3.22. The highest BCUT2D eigenvalue weighted by molar-refractivity contribution is 7.73. The second-order valence-electron chi connectivity index (χ2n) is 5.46. The molecule has 2 aromatic rings. The average molecular weight is 412 g/mol. The van der Waals surface area contributed by atoms with Crippen molar-refractivity contribution in [3.63, 3.8) is 0 Å². The van der Waals surface area contributed by atoms with E-state index in [1.165, 1.54) is 22.0 Å². The lowest BCUT2D eigenvalue weighted by Gasteiger charge is -2.03. The second kappa shape index (κ2) is 8.65. The summed E-state index contributed by atoms with van der Waals surface area (Å²) in [7, 11) is 0. The van der Waals surface area contributed by atoms with E-state index in [4.69, 9.17) is 21.7 Å². The molecule has 0 aliphatic carbocycles. The van der Waals surface area contributed by atoms with E-state index in [1.807, 2.05) is 13.0 Å². The van der Waals surface area contributed by atoms with Crippen molar-refractivity contribution in [2.24, 2.45) is 9.98 Å². The van der Waals surface area contributed by atoms with Gasteiger partial charge in [0, 0.05) is 12.6 Å². The summed E-state index contributed by atoms with van der Waals surface area (Å²) < 4.78 is 13.0. The molecular weight excluding hydrogens is 396 g/mol. The molecule has 28 heavy (non-hydrogen) atoms. The van der Waals surface area contributed by atoms with Crippen LogP contribution in [-0.2, 0) is 11.3 Å². The van der Waals surface area contributed by atoms with E-state index < -0.39 is 0 Å². The SMILES string of the molecule is C=CCn1c(O)c(/C=C2\N=C(C#N)C(=Nc3ccc(OCC)cc3)O2)sc1=S. The van der Waals surface area contributed by atoms with Gasteiger partial charge in [0.2, 0.25) is 17.5 Å². The Balaban J connectivity index is 1.87. The zero-order valence-electron chi connectivity index (χ0n) is 15.0. The Morgan fingerprint density at radius 1 is 1.46 bits per heavy atom. The van der Waals surface area contributed by atoms with Crippen molar-refractivity contribution in [2.75, 3.05) is 6.61 Å². The number of nitriles is 1. The average Bonchev–Trinajstić information content (AvgIpc) is 3.19. The van der Waals surface area contributed by atoms with Gasteiger partial charge in [0.15, 0.2) is 3.95 Å². The first-order valence-electron chi connectivity index (χ1n) is 8.29. The molecule has 0 atom stereocenters. The summed E-state index contributed by atoms with van der Waals surface area (Å²) in [6, 6.07) is 9.04. The van der Waals surface area contributed by atoms with E-state index in [9.17, 15) is 10.4 Å². The highest BCUT2D eigenvalue weighted by atomic mass is 32.1. The number of hydrogen-bond donors (Lipinski definition) is 1. The van der Waals surface area contributed by atoms with Crippen LogP contribution in [0.5, 0.6) is 11.6 Å². The van der Waals surface area contributed by atoms with Gasteiger partial charge in [-0.05, 0) is 43.4 Å². The standard InChI is InChI=1S/C19H16N4O3S2/c1-3-9-23-18(24)15(28-19(23)27)10-16-22-14(11-20)17(26-16)21-12-5-7-13(8-6-12)25-4-2/h3,5-8,10,24H,1,4,9H2,2H3/b16-10+,21-17?. The first-order chi connectivity index (χ1) is 13.5. The zero-order valence-corrected chi connectivity index (χ0v) is 16.6. The van der Waals surface area contributed by atoms with Crippen molar-refractivity contribution in [3.8, 4) is 17.7 Å². The molecule has 0 saturated carbocycles. The van der Waals surface area contributed by atoms with E-state index >= 15 is 0 Å². The Labute approximate surface area is 170 Å². The van der Waals surface area contributed by atoms with Crippen molar-refractivity contribution >= 4 is 46.9 Å². The summed E-state index contributed by atoms with van der Waals surface area (Å²) >= 11 is 6.44. The van der Waals surface area contributed by atoms with E-state index in [2.05, 4.69) is 16.6 Å². The number of aliphatic imine (C=N–C) groups is 2. The van der Waals surface area contributed by atoms with Gasteiger partial charge in [-0.2, -0.15) is 10.3 Å². The minimum absolute atomic E-state index is 0.00314. The third-order valence-electron chi connectivity index (χ3n) is 3.57. The first kappa shape index (κ1) is 19.5. The Kier molecular flexibility index (Phi) is 6.03. The molecular formula is C19H16N4O3S2. The number of benzene rings is 1. The van der Waals surface area contributed by atoms with Crippen LogP contribution in [0.4, 0.5) is 5.69 Å². The van der Waals surface area contributed by atoms with E-state index in [1.54, 1.807) is 30.3 Å². The molecule has 0 spiro atoms. The van der Waals surface area contributed by atoms with Crippen LogP contribution in [0, 0.1) is 15.3 Å². The normalized spacial score (nSPS) is 15.9. The number of rotatable bonds is 6. The van der Waals surface area contributed by atoms with Gasteiger partial charge in [-0.25, -0.2) is 4.99 Å². The van der Waals surface area contributed by atoms with Crippen LogP contribution < -0.4 is 4.74 Å². The number of aromatic nitrogens is 1. The largest absolute Gasteiger partial charge is 0.494 e. The molecule has 7 nitrogen and oxygen atoms in total. The fraction of sp³-hybridized carbons (Fsp3) is 0.158. The first-order valence-corrected chi connectivity index (χ1v) is 9.52. The maximum Gasteiger partial charge on any atom is 0.258 e. The number of ether oxygens (including phenoxy) is 2. The van der Waals surface area contributed by atoms with Crippen LogP contribution in [0.1, 0.15) is 11.8 Å². The molecule has 0 bridgehead atoms. The van der Waals surface area contributed by atoms with E-state index in [0.29, 0.717) is 27.7 Å². The van der Waals surface area contributed by atoms with Crippen LogP contribution in [0.25, 0.3) is 6.08 Å². The molecule has 0 radical (unpaired) electrons. The maximum absolute atomic E-state index is 10.3. The van der Waals surface area contributed by atoms with Gasteiger partial charge in [0.25, 0.3) is 5.90 Å². The Morgan fingerprint density at radius 3 is 2.86 bits per heavy atom. The lowest BCUT2D eigenvalue weighted by Crippen LogP contribution is -2.07. The van der Waals surface area contributed by atoms with Crippen molar-refractivity contribution in [2.45, 2.75) is 13.5 Å². The lowest BCUT2D eigenvalue weighted by atomic mass is 10.3. The molecule has 1 N–H and O–H groups in total. The van der Waals surface area contributed by atoms with Crippen LogP contribution >= 0.6 is 23.6 Å². The molecule has 9 heteroatoms. The van der Waals surface area contributed by atoms with Gasteiger partial charge in [-0.3, -0.25) is 4.57 Å². The van der Waals surface area contributed by atoms with Crippen molar-refractivity contribution in [3.05, 3.63) is 51.6 Å². The van der Waals surface area contributed by atoms with Gasteiger partial charge >= 0.3 is 0 Å². The van der Waals surface area contributed by atoms with Gasteiger partial charge in [-0.15, -0.1) is 17.9 Å². The number of allylic oxidation sites excluding steroid dienone is 1. The third kappa shape index (κ3) is 4.19. The summed E-state index contributed by atoms with van der Waals surface area (Å²) in [6.07, 6.45) is 3.16. The van der Waals surface area contributed by atoms with Crippen LogP contribution in [0.15, 0.2) is 52.8 Å². The Bertz CT molecular complexity index is 1090. The van der Waals surface area contributed by atoms with E-state index in [-0.39, 0.29) is 23.4 Å². The monoisotopic (exact) mass is 412 g/mol. The quantitative estimate of drug-likeness (QED) is 0.553. The molecule has 1 aromatic heterocycles. The Morgan fingerprint density at radius 2 is 2.21 bits per heavy atom. The fourth-order valence-electron chi connectivity index (χ4n) is 2.35. The molecule has 1 aromatic carbocycles. The number of hydrogen-bond acceptors (Lipinski definition) is 8. The van der Waals surface area contributed by atoms with Gasteiger partial charge < -0.3 is 14.6 Å². The highest BCUT2D eigenvalue weighted by Gasteiger charge is 2.23. The minimum atomic E-state index is -0.00314. The lowest BCUT2D eigenvalue weighted by molar-refractivity contribution is 0.340. The number of aromatic hydroxyl groups is 1. The number of nitrogens with zero attached hydrogens (tertiary/aromatic N) is 4. The molecule has 0 amide bonds. The second-order valence-corrected chi connectivity index (χ2v) is 7.13. The molecule has 0 fully saturated rings. The van der Waals surface area contributed by atoms with Crippen LogP contribution in [0.2, 0.25) is 0 Å². The molecule has 3 rings (SSSR count). The molecule has 142 valence electrons.